The molecule has 14 nitrogen and oxygen atoms in total. The fraction of sp³-hybridized carbons (Fsp3) is 0.649. The van der Waals surface area contributed by atoms with Crippen LogP contribution in [0.3, 0.4) is 0 Å². The standard InChI is InChI=1S/C37H60N6O8/c44-34(45)20-19-33(37(50)51)42-27-41-32(36(48)49)16-8-11-23-38-22-9-3-1-2-4-10-25-40-31(35(46)47)15-7-12-24-39-26-21-29-18-17-28-13-5-6-14-30(28)43-29/h5-6,13-14,17-18,31-33,38-42H,1-4,7-12,15-16,19-27H2,(H,44,45)(H,46,47)(H,48,49)(H,50,51). The highest BCUT2D eigenvalue weighted by molar-refractivity contribution is 5.78. The second-order valence-corrected chi connectivity index (χ2v) is 13.0. The average Bonchev–Trinajstić information content (AvgIpc) is 3.10. The fourth-order valence-electron chi connectivity index (χ4n) is 5.78. The van der Waals surface area contributed by atoms with Crippen LogP contribution in [0.2, 0.25) is 0 Å². The summed E-state index contributed by atoms with van der Waals surface area (Å²) < 4.78 is 0. The molecule has 0 bridgehead atoms. The summed E-state index contributed by atoms with van der Waals surface area (Å²) in [5.41, 5.74) is 2.08. The van der Waals surface area contributed by atoms with Crippen LogP contribution < -0.4 is 26.6 Å². The van der Waals surface area contributed by atoms with E-state index in [-0.39, 0.29) is 19.5 Å². The summed E-state index contributed by atoms with van der Waals surface area (Å²) in [6.45, 7) is 4.06. The summed E-state index contributed by atoms with van der Waals surface area (Å²) in [5.74, 6) is -4.06. The van der Waals surface area contributed by atoms with Crippen LogP contribution in [0.5, 0.6) is 0 Å². The number of fused-ring (bicyclic) bond motifs is 1. The molecule has 0 saturated heterocycles. The number of nitrogens with zero attached hydrogens (tertiary/aromatic N) is 1. The van der Waals surface area contributed by atoms with Crippen LogP contribution >= 0.6 is 0 Å². The van der Waals surface area contributed by atoms with E-state index in [1.165, 1.54) is 0 Å². The Labute approximate surface area is 301 Å². The van der Waals surface area contributed by atoms with Crippen LogP contribution in [0, 0.1) is 0 Å². The maximum absolute atomic E-state index is 11.7. The first kappa shape index (κ1) is 43.5. The molecule has 0 aliphatic rings. The average molecular weight is 717 g/mol. The number of unbranched alkanes of at least 4 members (excludes halogenated alkanes) is 7. The molecule has 1 heterocycles. The number of hydrogen-bond donors (Lipinski definition) is 9. The van der Waals surface area contributed by atoms with Crippen molar-refractivity contribution in [3.63, 3.8) is 0 Å². The van der Waals surface area contributed by atoms with Crippen molar-refractivity contribution in [1.29, 1.82) is 0 Å². The Kier molecular flexibility index (Phi) is 23.0. The van der Waals surface area contributed by atoms with Crippen molar-refractivity contribution in [2.45, 2.75) is 114 Å². The van der Waals surface area contributed by atoms with E-state index >= 15 is 0 Å². The number of aliphatic carboxylic acids is 4. The highest BCUT2D eigenvalue weighted by Gasteiger charge is 2.20. The highest BCUT2D eigenvalue weighted by atomic mass is 16.4. The molecule has 14 heteroatoms. The Bertz CT molecular complexity index is 1300. The van der Waals surface area contributed by atoms with E-state index < -0.39 is 42.0 Å². The van der Waals surface area contributed by atoms with Crippen LogP contribution in [0.4, 0.5) is 0 Å². The monoisotopic (exact) mass is 716 g/mol. The number of benzene rings is 1. The van der Waals surface area contributed by atoms with Gasteiger partial charge < -0.3 is 36.4 Å². The van der Waals surface area contributed by atoms with Crippen LogP contribution in [0.15, 0.2) is 36.4 Å². The molecule has 2 rings (SSSR count). The van der Waals surface area contributed by atoms with Crippen molar-refractivity contribution >= 4 is 34.8 Å². The Morgan fingerprint density at radius 2 is 1.06 bits per heavy atom. The largest absolute Gasteiger partial charge is 0.481 e. The van der Waals surface area contributed by atoms with Gasteiger partial charge in [-0.1, -0.05) is 62.8 Å². The van der Waals surface area contributed by atoms with Gasteiger partial charge in [0.05, 0.1) is 5.52 Å². The van der Waals surface area contributed by atoms with Crippen LogP contribution in [0.1, 0.15) is 95.6 Å². The number of pyridine rings is 1. The van der Waals surface area contributed by atoms with Crippen molar-refractivity contribution in [2.24, 2.45) is 0 Å². The van der Waals surface area contributed by atoms with Crippen LogP contribution in [-0.4, -0.2) is 107 Å². The molecule has 3 unspecified atom stereocenters. The Hall–Kier alpha value is -3.69. The summed E-state index contributed by atoms with van der Waals surface area (Å²) in [5, 5.41) is 53.6. The number of carboxylic acids is 4. The summed E-state index contributed by atoms with van der Waals surface area (Å²) in [4.78, 5) is 49.8. The molecular weight excluding hydrogens is 656 g/mol. The number of rotatable bonds is 33. The van der Waals surface area contributed by atoms with Gasteiger partial charge in [-0.05, 0) is 83.3 Å². The molecule has 1 aromatic carbocycles. The highest BCUT2D eigenvalue weighted by Crippen LogP contribution is 2.12. The van der Waals surface area contributed by atoms with E-state index in [0.29, 0.717) is 25.8 Å². The third kappa shape index (κ3) is 20.7. The van der Waals surface area contributed by atoms with Gasteiger partial charge in [-0.25, -0.2) is 0 Å². The van der Waals surface area contributed by atoms with Gasteiger partial charge in [-0.2, -0.15) is 0 Å². The molecule has 0 radical (unpaired) electrons. The third-order valence-electron chi connectivity index (χ3n) is 8.82. The zero-order valence-corrected chi connectivity index (χ0v) is 29.9. The molecule has 3 atom stereocenters. The SMILES string of the molecule is O=C(O)CCC(NCNC(CCCCNCCCCCCCCNC(CCCCNCCc1ccc2ccccc2n1)C(=O)O)C(=O)O)C(=O)O. The van der Waals surface area contributed by atoms with Crippen molar-refractivity contribution < 1.29 is 39.6 Å². The second kappa shape index (κ2) is 27.0. The van der Waals surface area contributed by atoms with E-state index in [1.807, 2.05) is 18.2 Å². The van der Waals surface area contributed by atoms with Gasteiger partial charge in [0.1, 0.15) is 18.1 Å². The normalized spacial score (nSPS) is 13.2. The van der Waals surface area contributed by atoms with E-state index in [0.717, 1.165) is 107 Å². The second-order valence-electron chi connectivity index (χ2n) is 13.0. The molecule has 2 aromatic rings. The van der Waals surface area contributed by atoms with E-state index in [1.54, 1.807) is 0 Å². The first-order chi connectivity index (χ1) is 24.7. The molecule has 0 amide bonds. The molecule has 0 saturated carbocycles. The number of carboxylic acid groups (broad SMARTS) is 4. The predicted molar refractivity (Wildman–Crippen MR) is 197 cm³/mol. The van der Waals surface area contributed by atoms with Crippen LogP contribution in [-0.2, 0) is 25.6 Å². The molecule has 51 heavy (non-hydrogen) atoms. The topological polar surface area (TPSA) is 222 Å². The zero-order valence-electron chi connectivity index (χ0n) is 29.9. The van der Waals surface area contributed by atoms with Gasteiger partial charge in [0, 0.05) is 37.1 Å². The third-order valence-corrected chi connectivity index (χ3v) is 8.82. The van der Waals surface area contributed by atoms with Gasteiger partial charge in [0.15, 0.2) is 0 Å². The molecule has 286 valence electrons. The van der Waals surface area contributed by atoms with Gasteiger partial charge in [-0.15, -0.1) is 0 Å². The minimum atomic E-state index is -1.18. The van der Waals surface area contributed by atoms with Crippen molar-refractivity contribution in [2.75, 3.05) is 39.4 Å². The summed E-state index contributed by atoms with van der Waals surface area (Å²) in [6, 6.07) is 9.89. The minimum absolute atomic E-state index is 0.0447. The molecule has 9 N–H and O–H groups in total. The van der Waals surface area contributed by atoms with E-state index in [9.17, 15) is 34.5 Å². The number of carbonyl (C=O) groups is 4. The maximum atomic E-state index is 11.7. The van der Waals surface area contributed by atoms with Gasteiger partial charge >= 0.3 is 23.9 Å². The molecular formula is C37H60N6O8. The molecule has 0 aliphatic carbocycles. The van der Waals surface area contributed by atoms with Crippen molar-refractivity contribution in [1.82, 2.24) is 31.6 Å². The Morgan fingerprint density at radius 1 is 0.549 bits per heavy atom. The van der Waals surface area contributed by atoms with Gasteiger partial charge in [0.25, 0.3) is 0 Å². The minimum Gasteiger partial charge on any atom is -0.481 e. The quantitative estimate of drug-likeness (QED) is 0.0381. The first-order valence-electron chi connectivity index (χ1n) is 18.5. The van der Waals surface area contributed by atoms with Crippen molar-refractivity contribution in [3.8, 4) is 0 Å². The lowest BCUT2D eigenvalue weighted by molar-refractivity contribution is -0.141. The zero-order chi connectivity index (χ0) is 37.1. The molecule has 0 fully saturated rings. The van der Waals surface area contributed by atoms with Gasteiger partial charge in [0.2, 0.25) is 0 Å². The lowest BCUT2D eigenvalue weighted by Crippen LogP contribution is -2.47. The van der Waals surface area contributed by atoms with E-state index in [4.69, 9.17) is 10.1 Å². The predicted octanol–water partition coefficient (Wildman–Crippen LogP) is 3.59. The summed E-state index contributed by atoms with van der Waals surface area (Å²) in [6.07, 6.45) is 11.3. The number of aromatic nitrogens is 1. The lowest BCUT2D eigenvalue weighted by Gasteiger charge is -2.18. The number of hydrogen-bond acceptors (Lipinski definition) is 10. The molecule has 0 spiro atoms. The van der Waals surface area contributed by atoms with Gasteiger partial charge in [-0.3, -0.25) is 34.8 Å². The Morgan fingerprint density at radius 3 is 1.67 bits per heavy atom. The smallest absolute Gasteiger partial charge is 0.320 e. The Balaban J connectivity index is 1.39. The maximum Gasteiger partial charge on any atom is 0.320 e. The summed E-state index contributed by atoms with van der Waals surface area (Å²) in [7, 11) is 0. The summed E-state index contributed by atoms with van der Waals surface area (Å²) >= 11 is 0. The van der Waals surface area contributed by atoms with Crippen LogP contribution in [0.25, 0.3) is 10.9 Å². The fourth-order valence-corrected chi connectivity index (χ4v) is 5.78. The molecule has 0 aliphatic heterocycles. The van der Waals surface area contributed by atoms with E-state index in [2.05, 4.69) is 44.8 Å². The lowest BCUT2D eigenvalue weighted by atomic mass is 10.1. The first-order valence-corrected chi connectivity index (χ1v) is 18.5. The number of para-hydroxylation sites is 1. The molecule has 1 aromatic heterocycles. The van der Waals surface area contributed by atoms with Crippen molar-refractivity contribution in [3.05, 3.63) is 42.1 Å². The number of nitrogens with one attached hydrogen (secondary N) is 5.